The maximum atomic E-state index is 12.9. The molecule has 0 fully saturated rings. The Morgan fingerprint density at radius 3 is 0.850 bits per heavy atom. The van der Waals surface area contributed by atoms with Crippen molar-refractivity contribution < 1.29 is 80.2 Å². The van der Waals surface area contributed by atoms with Crippen LogP contribution in [0.2, 0.25) is 0 Å². The molecule has 3 N–H and O–H groups in total. The van der Waals surface area contributed by atoms with Gasteiger partial charge >= 0.3 is 39.5 Å². The van der Waals surface area contributed by atoms with Gasteiger partial charge in [-0.15, -0.1) is 0 Å². The highest BCUT2D eigenvalue weighted by Crippen LogP contribution is 2.45. The molecule has 0 bridgehead atoms. The van der Waals surface area contributed by atoms with Gasteiger partial charge < -0.3 is 33.8 Å². The van der Waals surface area contributed by atoms with Crippen molar-refractivity contribution in [2.75, 3.05) is 39.6 Å². The van der Waals surface area contributed by atoms with Crippen LogP contribution >= 0.6 is 15.6 Å². The zero-order valence-corrected chi connectivity index (χ0v) is 53.0. The van der Waals surface area contributed by atoms with Gasteiger partial charge in [-0.25, -0.2) is 9.13 Å². The number of hydrogen-bond donors (Lipinski definition) is 3. The van der Waals surface area contributed by atoms with Crippen molar-refractivity contribution in [3.05, 3.63) is 0 Å². The Labute approximate surface area is 486 Å². The standard InChI is InChI=1S/C61H118O17P2/c1-6-9-12-15-17-19-21-22-24-26-32-37-42-47-61(66)78-57(51-72-59(64)45-40-35-30-28-27-29-34-38-43-54(4)5)53-76-80(69,70)74-49-55(62)48-73-79(67,68)75-52-56(50-71-58(63)44-39-33-14-11-8-3)77-60(65)46-41-36-31-25-23-20-18-16-13-10-7-2/h54-57,62H,6-53H2,1-5H3,(H,67,68)(H,69,70)/t55-,56+,57+/m0/s1. The minimum Gasteiger partial charge on any atom is -0.462 e. The summed E-state index contributed by atoms with van der Waals surface area (Å²) in [6.07, 6.45) is 37.8. The maximum absolute atomic E-state index is 12.9. The van der Waals surface area contributed by atoms with Crippen molar-refractivity contribution in [2.45, 2.75) is 323 Å². The lowest BCUT2D eigenvalue weighted by Crippen LogP contribution is -2.30. The summed E-state index contributed by atoms with van der Waals surface area (Å²) in [7, 11) is -9.87. The fourth-order valence-electron chi connectivity index (χ4n) is 9.05. The predicted octanol–water partition coefficient (Wildman–Crippen LogP) is 16.6. The fraction of sp³-hybridized carbons (Fsp3) is 0.934. The Kier molecular flexibility index (Phi) is 53.6. The number of hydrogen-bond acceptors (Lipinski definition) is 15. The van der Waals surface area contributed by atoms with E-state index in [1.165, 1.54) is 122 Å². The molecule has 0 aromatic heterocycles. The first-order valence-electron chi connectivity index (χ1n) is 32.1. The summed E-state index contributed by atoms with van der Waals surface area (Å²) >= 11 is 0. The van der Waals surface area contributed by atoms with Crippen molar-refractivity contribution >= 4 is 39.5 Å². The molecule has 474 valence electrons. The lowest BCUT2D eigenvalue weighted by atomic mass is 10.0. The Balaban J connectivity index is 5.18. The number of esters is 4. The third-order valence-corrected chi connectivity index (χ3v) is 15.9. The van der Waals surface area contributed by atoms with Gasteiger partial charge in [0.15, 0.2) is 12.2 Å². The molecule has 17 nitrogen and oxygen atoms in total. The molecule has 0 heterocycles. The molecule has 0 saturated heterocycles. The zero-order chi connectivity index (χ0) is 59.2. The molecule has 0 aliphatic heterocycles. The van der Waals surface area contributed by atoms with Crippen LogP contribution in [0.15, 0.2) is 0 Å². The molecule has 19 heteroatoms. The smallest absolute Gasteiger partial charge is 0.462 e. The highest BCUT2D eigenvalue weighted by molar-refractivity contribution is 7.47. The fourth-order valence-corrected chi connectivity index (χ4v) is 10.6. The van der Waals surface area contributed by atoms with Gasteiger partial charge in [0.2, 0.25) is 0 Å². The molecule has 0 aliphatic rings. The summed E-state index contributed by atoms with van der Waals surface area (Å²) in [5.41, 5.74) is 0. The second-order valence-corrected chi connectivity index (χ2v) is 25.5. The second kappa shape index (κ2) is 55.0. The largest absolute Gasteiger partial charge is 0.472 e. The minimum absolute atomic E-state index is 0.106. The van der Waals surface area contributed by atoms with E-state index >= 15 is 0 Å². The Morgan fingerprint density at radius 1 is 0.338 bits per heavy atom. The molecule has 0 radical (unpaired) electrons. The first-order valence-corrected chi connectivity index (χ1v) is 35.1. The number of aliphatic hydroxyl groups is 1. The van der Waals surface area contributed by atoms with E-state index in [1.807, 2.05) is 0 Å². The molecule has 80 heavy (non-hydrogen) atoms. The van der Waals surface area contributed by atoms with E-state index in [0.29, 0.717) is 25.7 Å². The van der Waals surface area contributed by atoms with Crippen molar-refractivity contribution in [2.24, 2.45) is 5.92 Å². The summed E-state index contributed by atoms with van der Waals surface area (Å²) in [5, 5.41) is 10.5. The number of carbonyl (C=O) groups excluding carboxylic acids is 4. The number of ether oxygens (including phenoxy) is 4. The normalized spacial score (nSPS) is 14.3. The van der Waals surface area contributed by atoms with Gasteiger partial charge in [0, 0.05) is 25.7 Å². The molecule has 0 aromatic carbocycles. The van der Waals surface area contributed by atoms with Crippen molar-refractivity contribution in [1.29, 1.82) is 0 Å². The Hall–Kier alpha value is -1.94. The quantitative estimate of drug-likeness (QED) is 0.0222. The molecular weight excluding hydrogens is 1070 g/mol. The monoisotopic (exact) mass is 1180 g/mol. The summed E-state index contributed by atoms with van der Waals surface area (Å²) in [4.78, 5) is 71.8. The minimum atomic E-state index is -4.94. The van der Waals surface area contributed by atoms with E-state index in [1.54, 1.807) is 0 Å². The van der Waals surface area contributed by atoms with Gasteiger partial charge in [-0.1, -0.05) is 253 Å². The van der Waals surface area contributed by atoms with Crippen LogP contribution in [0.5, 0.6) is 0 Å². The molecule has 2 unspecified atom stereocenters. The highest BCUT2D eigenvalue weighted by atomic mass is 31.2. The number of unbranched alkanes of at least 4 members (excludes halogenated alkanes) is 33. The number of phosphoric acid groups is 2. The van der Waals surface area contributed by atoms with Crippen LogP contribution in [0.1, 0.15) is 304 Å². The maximum Gasteiger partial charge on any atom is 0.472 e. The highest BCUT2D eigenvalue weighted by Gasteiger charge is 2.30. The Morgan fingerprint density at radius 2 is 0.575 bits per heavy atom. The molecule has 0 aromatic rings. The van der Waals surface area contributed by atoms with E-state index in [0.717, 1.165) is 102 Å². The van der Waals surface area contributed by atoms with Crippen LogP contribution < -0.4 is 0 Å². The summed E-state index contributed by atoms with van der Waals surface area (Å²) in [6.45, 7) is 7.05. The van der Waals surface area contributed by atoms with Crippen LogP contribution in [-0.4, -0.2) is 96.7 Å². The van der Waals surface area contributed by atoms with Crippen LogP contribution in [0.25, 0.3) is 0 Å². The lowest BCUT2D eigenvalue weighted by Gasteiger charge is -2.21. The SMILES string of the molecule is CCCCCCCCCCCCCCCC(=O)O[C@H](COC(=O)CCCCCCCCCCC(C)C)COP(=O)(O)OC[C@@H](O)COP(=O)(O)OC[C@@H](COC(=O)CCCCCCC)OC(=O)CCCCCCCCCCCCC. The van der Waals surface area contributed by atoms with Crippen molar-refractivity contribution in [1.82, 2.24) is 0 Å². The lowest BCUT2D eigenvalue weighted by molar-refractivity contribution is -0.161. The van der Waals surface area contributed by atoms with Gasteiger partial charge in [-0.2, -0.15) is 0 Å². The van der Waals surface area contributed by atoms with Gasteiger partial charge in [0.25, 0.3) is 0 Å². The third kappa shape index (κ3) is 55.3. The van der Waals surface area contributed by atoms with Crippen LogP contribution in [0.4, 0.5) is 0 Å². The van der Waals surface area contributed by atoms with E-state index in [4.69, 9.17) is 37.0 Å². The third-order valence-electron chi connectivity index (χ3n) is 14.0. The van der Waals surface area contributed by atoms with Crippen molar-refractivity contribution in [3.63, 3.8) is 0 Å². The molecule has 0 saturated carbocycles. The van der Waals surface area contributed by atoms with Gasteiger partial charge in [-0.05, 0) is 31.6 Å². The first kappa shape index (κ1) is 78.1. The van der Waals surface area contributed by atoms with Gasteiger partial charge in [0.05, 0.1) is 26.4 Å². The van der Waals surface area contributed by atoms with Gasteiger partial charge in [0.1, 0.15) is 19.3 Å². The topological polar surface area (TPSA) is 237 Å². The van der Waals surface area contributed by atoms with Crippen LogP contribution in [0.3, 0.4) is 0 Å². The molecular formula is C61H118O17P2. The second-order valence-electron chi connectivity index (χ2n) is 22.6. The average molecular weight is 1190 g/mol. The van der Waals surface area contributed by atoms with Gasteiger partial charge in [-0.3, -0.25) is 37.3 Å². The molecule has 0 amide bonds. The predicted molar refractivity (Wildman–Crippen MR) is 317 cm³/mol. The Bertz CT molecular complexity index is 1570. The first-order chi connectivity index (χ1) is 38.5. The summed E-state index contributed by atoms with van der Waals surface area (Å²) in [6, 6.07) is 0. The molecule has 0 rings (SSSR count). The number of rotatable bonds is 61. The van der Waals surface area contributed by atoms with E-state index in [-0.39, 0.29) is 25.7 Å². The average Bonchev–Trinajstić information content (AvgIpc) is 3.42. The summed E-state index contributed by atoms with van der Waals surface area (Å²) < 4.78 is 67.7. The zero-order valence-electron chi connectivity index (χ0n) is 51.2. The number of phosphoric ester groups is 2. The van der Waals surface area contributed by atoms with E-state index < -0.39 is 97.5 Å². The van der Waals surface area contributed by atoms with Crippen molar-refractivity contribution in [3.8, 4) is 0 Å². The van der Waals surface area contributed by atoms with E-state index in [2.05, 4.69) is 34.6 Å². The van der Waals surface area contributed by atoms with E-state index in [9.17, 15) is 43.2 Å². The number of carbonyl (C=O) groups is 4. The molecule has 0 spiro atoms. The molecule has 0 aliphatic carbocycles. The van der Waals surface area contributed by atoms with Crippen LogP contribution in [0, 0.1) is 5.92 Å². The summed E-state index contributed by atoms with van der Waals surface area (Å²) in [5.74, 6) is -1.42. The molecule has 5 atom stereocenters. The number of aliphatic hydroxyl groups excluding tert-OH is 1. The van der Waals surface area contributed by atoms with Crippen LogP contribution in [-0.2, 0) is 65.4 Å².